The standard InChI is InChI=1S/C16H21FN2O3/c1-18-6-12-7-19(14(8-18)10-21-9-12)16(20)11-22-15-4-2-13(17)3-5-15/h2-5,12,14H,6-11H2,1H3/t12-,14-/m0/s1. The van der Waals surface area contributed by atoms with E-state index in [1.54, 1.807) is 0 Å². The van der Waals surface area contributed by atoms with Crippen molar-refractivity contribution in [1.29, 1.82) is 0 Å². The van der Waals surface area contributed by atoms with Gasteiger partial charge >= 0.3 is 0 Å². The average molecular weight is 308 g/mol. The van der Waals surface area contributed by atoms with Crippen molar-refractivity contribution in [3.05, 3.63) is 30.1 Å². The number of rotatable bonds is 3. The van der Waals surface area contributed by atoms with Gasteiger partial charge in [-0.1, -0.05) is 0 Å². The van der Waals surface area contributed by atoms with Crippen molar-refractivity contribution in [3.63, 3.8) is 0 Å². The molecular formula is C16H21FN2O3. The van der Waals surface area contributed by atoms with Crippen LogP contribution in [0, 0.1) is 11.7 Å². The Morgan fingerprint density at radius 3 is 2.82 bits per heavy atom. The maximum Gasteiger partial charge on any atom is 0.260 e. The smallest absolute Gasteiger partial charge is 0.260 e. The monoisotopic (exact) mass is 308 g/mol. The summed E-state index contributed by atoms with van der Waals surface area (Å²) in [6.45, 7) is 3.71. The Morgan fingerprint density at radius 1 is 1.27 bits per heavy atom. The number of hydrogen-bond donors (Lipinski definition) is 0. The van der Waals surface area contributed by atoms with Crippen molar-refractivity contribution in [2.45, 2.75) is 6.04 Å². The minimum Gasteiger partial charge on any atom is -0.484 e. The highest BCUT2D eigenvalue weighted by atomic mass is 19.1. The maximum absolute atomic E-state index is 12.9. The van der Waals surface area contributed by atoms with Crippen LogP contribution in [-0.2, 0) is 9.53 Å². The molecule has 2 aliphatic heterocycles. The number of fused-ring (bicyclic) bond motifs is 3. The largest absolute Gasteiger partial charge is 0.484 e. The quantitative estimate of drug-likeness (QED) is 0.835. The van der Waals surface area contributed by atoms with Gasteiger partial charge in [-0.15, -0.1) is 0 Å². The lowest BCUT2D eigenvalue weighted by Gasteiger charge is -2.29. The van der Waals surface area contributed by atoms with Crippen LogP contribution >= 0.6 is 0 Å². The average Bonchev–Trinajstić information content (AvgIpc) is 2.76. The fourth-order valence-electron chi connectivity index (χ4n) is 3.14. The molecule has 0 aromatic heterocycles. The molecule has 0 aliphatic carbocycles. The molecule has 2 atom stereocenters. The minimum absolute atomic E-state index is 0.0292. The highest BCUT2D eigenvalue weighted by Crippen LogP contribution is 2.19. The normalized spacial score (nSPS) is 25.6. The van der Waals surface area contributed by atoms with E-state index >= 15 is 0 Å². The zero-order valence-corrected chi connectivity index (χ0v) is 12.7. The summed E-state index contributed by atoms with van der Waals surface area (Å²) >= 11 is 0. The summed E-state index contributed by atoms with van der Waals surface area (Å²) in [5.41, 5.74) is 0. The SMILES string of the molecule is CN1C[C@@H]2COC[C@H](C1)N(C(=O)COc1ccc(F)cc1)C2. The van der Waals surface area contributed by atoms with E-state index in [0.717, 1.165) is 13.1 Å². The summed E-state index contributed by atoms with van der Waals surface area (Å²) < 4.78 is 24.0. The Morgan fingerprint density at radius 2 is 2.05 bits per heavy atom. The number of halogens is 1. The van der Waals surface area contributed by atoms with Gasteiger partial charge in [0.15, 0.2) is 6.61 Å². The summed E-state index contributed by atoms with van der Waals surface area (Å²) in [6.07, 6.45) is 0. The second kappa shape index (κ2) is 6.62. The van der Waals surface area contributed by atoms with Gasteiger partial charge in [-0.05, 0) is 31.3 Å². The van der Waals surface area contributed by atoms with E-state index in [4.69, 9.17) is 9.47 Å². The first-order chi connectivity index (χ1) is 10.6. The fourth-order valence-corrected chi connectivity index (χ4v) is 3.14. The molecule has 2 fully saturated rings. The number of carbonyl (C=O) groups excluding carboxylic acids is 1. The third kappa shape index (κ3) is 3.56. The molecule has 2 heterocycles. The topological polar surface area (TPSA) is 42.0 Å². The van der Waals surface area contributed by atoms with Crippen molar-refractivity contribution >= 4 is 5.91 Å². The molecular weight excluding hydrogens is 287 g/mol. The van der Waals surface area contributed by atoms with Crippen LogP contribution in [0.2, 0.25) is 0 Å². The Balaban J connectivity index is 1.62. The Hall–Kier alpha value is -1.66. The number of amides is 1. The predicted molar refractivity (Wildman–Crippen MR) is 79.2 cm³/mol. The molecule has 2 saturated heterocycles. The van der Waals surface area contributed by atoms with E-state index < -0.39 is 0 Å². The van der Waals surface area contributed by atoms with Crippen molar-refractivity contribution in [2.75, 3.05) is 46.5 Å². The molecule has 1 aromatic rings. The predicted octanol–water partition coefficient (Wildman–Crippen LogP) is 0.993. The van der Waals surface area contributed by atoms with Crippen LogP contribution in [-0.4, -0.2) is 68.3 Å². The molecule has 0 N–H and O–H groups in total. The summed E-state index contributed by atoms with van der Waals surface area (Å²) in [5, 5.41) is 0. The highest BCUT2D eigenvalue weighted by Gasteiger charge is 2.34. The molecule has 5 nitrogen and oxygen atoms in total. The lowest BCUT2D eigenvalue weighted by atomic mass is 10.1. The highest BCUT2D eigenvalue weighted by molar-refractivity contribution is 5.78. The molecule has 2 bridgehead atoms. The molecule has 22 heavy (non-hydrogen) atoms. The van der Waals surface area contributed by atoms with Crippen LogP contribution in [0.4, 0.5) is 4.39 Å². The molecule has 1 amide bonds. The molecule has 0 saturated carbocycles. The summed E-state index contributed by atoms with van der Waals surface area (Å²) in [4.78, 5) is 16.6. The van der Waals surface area contributed by atoms with E-state index in [9.17, 15) is 9.18 Å². The molecule has 2 aliphatic rings. The maximum atomic E-state index is 12.9. The van der Waals surface area contributed by atoms with Crippen LogP contribution in [0.5, 0.6) is 5.75 Å². The Bertz CT molecular complexity index is 523. The van der Waals surface area contributed by atoms with Crippen molar-refractivity contribution in [2.24, 2.45) is 5.92 Å². The van der Waals surface area contributed by atoms with Gasteiger partial charge in [-0.25, -0.2) is 4.39 Å². The fraction of sp³-hybridized carbons (Fsp3) is 0.562. The zero-order chi connectivity index (χ0) is 15.5. The van der Waals surface area contributed by atoms with Crippen molar-refractivity contribution < 1.29 is 18.7 Å². The summed E-state index contributed by atoms with van der Waals surface area (Å²) in [6, 6.07) is 5.77. The van der Waals surface area contributed by atoms with Gasteiger partial charge in [0, 0.05) is 25.6 Å². The lowest BCUT2D eigenvalue weighted by molar-refractivity contribution is -0.136. The van der Waals surface area contributed by atoms with Gasteiger partial charge in [0.2, 0.25) is 0 Å². The second-order valence-corrected chi connectivity index (χ2v) is 6.07. The molecule has 1 aromatic carbocycles. The number of carbonyl (C=O) groups is 1. The first-order valence-corrected chi connectivity index (χ1v) is 7.56. The third-order valence-corrected chi connectivity index (χ3v) is 4.15. The van der Waals surface area contributed by atoms with Gasteiger partial charge < -0.3 is 19.3 Å². The molecule has 120 valence electrons. The van der Waals surface area contributed by atoms with Crippen LogP contribution in [0.15, 0.2) is 24.3 Å². The van der Waals surface area contributed by atoms with Crippen molar-refractivity contribution in [3.8, 4) is 5.75 Å². The minimum atomic E-state index is -0.319. The van der Waals surface area contributed by atoms with Gasteiger partial charge in [0.25, 0.3) is 5.91 Å². The first kappa shape index (κ1) is 15.2. The Labute approximate surface area is 129 Å². The van der Waals surface area contributed by atoms with Crippen LogP contribution in [0.3, 0.4) is 0 Å². The third-order valence-electron chi connectivity index (χ3n) is 4.15. The van der Waals surface area contributed by atoms with E-state index in [1.165, 1.54) is 24.3 Å². The number of hydrogen-bond acceptors (Lipinski definition) is 4. The number of ether oxygens (including phenoxy) is 2. The zero-order valence-electron chi connectivity index (χ0n) is 12.7. The number of benzene rings is 1. The van der Waals surface area contributed by atoms with Gasteiger partial charge in [0.05, 0.1) is 19.3 Å². The van der Waals surface area contributed by atoms with Gasteiger partial charge in [0.1, 0.15) is 11.6 Å². The number of likely N-dealkylation sites (N-methyl/N-ethyl adjacent to an activating group) is 1. The molecule has 0 radical (unpaired) electrons. The van der Waals surface area contributed by atoms with Gasteiger partial charge in [-0.2, -0.15) is 0 Å². The summed E-state index contributed by atoms with van der Waals surface area (Å²) in [7, 11) is 2.08. The second-order valence-electron chi connectivity index (χ2n) is 6.07. The Kier molecular flexibility index (Phi) is 4.59. The molecule has 0 unspecified atom stereocenters. The van der Waals surface area contributed by atoms with E-state index in [0.29, 0.717) is 31.4 Å². The van der Waals surface area contributed by atoms with Crippen LogP contribution in [0.25, 0.3) is 0 Å². The molecule has 3 rings (SSSR count). The molecule has 0 spiro atoms. The van der Waals surface area contributed by atoms with E-state index in [-0.39, 0.29) is 24.4 Å². The van der Waals surface area contributed by atoms with E-state index in [1.807, 2.05) is 4.90 Å². The van der Waals surface area contributed by atoms with Crippen LogP contribution in [0.1, 0.15) is 0 Å². The first-order valence-electron chi connectivity index (χ1n) is 7.56. The molecule has 6 heteroatoms. The number of nitrogens with zero attached hydrogens (tertiary/aromatic N) is 2. The van der Waals surface area contributed by atoms with Crippen LogP contribution < -0.4 is 4.74 Å². The van der Waals surface area contributed by atoms with Crippen molar-refractivity contribution in [1.82, 2.24) is 9.80 Å². The summed E-state index contributed by atoms with van der Waals surface area (Å²) in [5.74, 6) is 0.480. The van der Waals surface area contributed by atoms with Gasteiger partial charge in [-0.3, -0.25) is 4.79 Å². The lowest BCUT2D eigenvalue weighted by Crippen LogP contribution is -2.47. The van der Waals surface area contributed by atoms with E-state index in [2.05, 4.69) is 11.9 Å².